The third-order valence-corrected chi connectivity index (χ3v) is 4.88. The first-order chi connectivity index (χ1) is 10.0. The average molecular weight is 328 g/mol. The smallest absolute Gasteiger partial charge is 0.262 e. The van der Waals surface area contributed by atoms with Crippen molar-refractivity contribution in [3.8, 4) is 11.5 Å². The van der Waals surface area contributed by atoms with Gasteiger partial charge in [0.1, 0.15) is 0 Å². The number of ether oxygens (including phenoxy) is 2. The van der Waals surface area contributed by atoms with Crippen molar-refractivity contribution in [2.24, 2.45) is 5.73 Å². The van der Waals surface area contributed by atoms with Gasteiger partial charge in [0.2, 0.25) is 0 Å². The van der Waals surface area contributed by atoms with Crippen molar-refractivity contribution < 1.29 is 17.9 Å². The van der Waals surface area contributed by atoms with Crippen LogP contribution >= 0.6 is 11.3 Å². The predicted octanol–water partition coefficient (Wildman–Crippen LogP) is 2.02. The van der Waals surface area contributed by atoms with Gasteiger partial charge in [0.15, 0.2) is 11.5 Å². The van der Waals surface area contributed by atoms with E-state index >= 15 is 0 Å². The second-order valence-electron chi connectivity index (χ2n) is 4.14. The molecule has 0 spiro atoms. The minimum atomic E-state index is -3.71. The van der Waals surface area contributed by atoms with Crippen LogP contribution in [-0.2, 0) is 16.6 Å². The van der Waals surface area contributed by atoms with Gasteiger partial charge in [-0.15, -0.1) is 0 Å². The predicted molar refractivity (Wildman–Crippen MR) is 82.6 cm³/mol. The molecule has 8 heteroatoms. The minimum absolute atomic E-state index is 0.0757. The number of hydrogen-bond donors (Lipinski definition) is 2. The number of methoxy groups -OCH3 is 2. The molecule has 2 rings (SSSR count). The lowest BCUT2D eigenvalue weighted by Gasteiger charge is -2.14. The number of sulfonamides is 1. The highest BCUT2D eigenvalue weighted by Crippen LogP contribution is 2.34. The number of hydrogen-bond acceptors (Lipinski definition) is 6. The number of nitrogens with two attached hydrogens (primary N) is 1. The van der Waals surface area contributed by atoms with E-state index in [4.69, 9.17) is 15.2 Å². The molecule has 1 heterocycles. The standard InChI is InChI=1S/C13H16N2O4S2/c1-18-12-6-11(5-9(7-14)13(12)19-2)21(16,17)15-10-3-4-20-8-10/h3-6,8,15H,7,14H2,1-2H3. The van der Waals surface area contributed by atoms with E-state index in [1.807, 2.05) is 0 Å². The van der Waals surface area contributed by atoms with Gasteiger partial charge >= 0.3 is 0 Å². The van der Waals surface area contributed by atoms with Crippen molar-refractivity contribution >= 4 is 27.0 Å². The van der Waals surface area contributed by atoms with Crippen LogP contribution in [0.4, 0.5) is 5.69 Å². The second kappa shape index (κ2) is 6.33. The van der Waals surface area contributed by atoms with Crippen LogP contribution in [0.3, 0.4) is 0 Å². The number of rotatable bonds is 6. The van der Waals surface area contributed by atoms with E-state index in [-0.39, 0.29) is 11.4 Å². The summed E-state index contributed by atoms with van der Waals surface area (Å²) in [5.74, 6) is 0.764. The number of thiophene rings is 1. The highest BCUT2D eigenvalue weighted by Gasteiger charge is 2.20. The highest BCUT2D eigenvalue weighted by atomic mass is 32.2. The summed E-state index contributed by atoms with van der Waals surface area (Å²) in [6.07, 6.45) is 0. The van der Waals surface area contributed by atoms with E-state index in [0.29, 0.717) is 22.7 Å². The van der Waals surface area contributed by atoms with Crippen LogP contribution in [0, 0.1) is 0 Å². The fourth-order valence-corrected chi connectivity index (χ4v) is 3.64. The van der Waals surface area contributed by atoms with Crippen LogP contribution < -0.4 is 19.9 Å². The van der Waals surface area contributed by atoms with Crippen molar-refractivity contribution in [3.05, 3.63) is 34.5 Å². The molecule has 0 saturated heterocycles. The van der Waals surface area contributed by atoms with Crippen LogP contribution in [0.15, 0.2) is 33.9 Å². The molecule has 0 atom stereocenters. The van der Waals surface area contributed by atoms with Crippen molar-refractivity contribution in [3.63, 3.8) is 0 Å². The zero-order chi connectivity index (χ0) is 15.5. The summed E-state index contributed by atoms with van der Waals surface area (Å²) in [5, 5.41) is 3.50. The maximum atomic E-state index is 12.4. The lowest BCUT2D eigenvalue weighted by atomic mass is 10.2. The van der Waals surface area contributed by atoms with Crippen LogP contribution in [0.1, 0.15) is 5.56 Å². The fraction of sp³-hybridized carbons (Fsp3) is 0.231. The van der Waals surface area contributed by atoms with Gasteiger partial charge in [-0.2, -0.15) is 11.3 Å². The van der Waals surface area contributed by atoms with E-state index < -0.39 is 10.0 Å². The summed E-state index contributed by atoms with van der Waals surface area (Å²) in [6, 6.07) is 4.58. The van der Waals surface area contributed by atoms with E-state index in [9.17, 15) is 8.42 Å². The fourth-order valence-electron chi connectivity index (χ4n) is 1.86. The molecule has 0 radical (unpaired) electrons. The molecule has 2 aromatic rings. The van der Waals surface area contributed by atoms with Gasteiger partial charge in [-0.25, -0.2) is 8.42 Å². The molecule has 0 amide bonds. The summed E-state index contributed by atoms with van der Waals surface area (Å²) >= 11 is 1.41. The molecule has 0 aliphatic rings. The van der Waals surface area contributed by atoms with Gasteiger partial charge < -0.3 is 15.2 Å². The minimum Gasteiger partial charge on any atom is -0.493 e. The van der Waals surface area contributed by atoms with Gasteiger partial charge in [-0.05, 0) is 17.5 Å². The Balaban J connectivity index is 2.48. The summed E-state index contributed by atoms with van der Waals surface area (Å²) in [7, 11) is -0.782. The lowest BCUT2D eigenvalue weighted by molar-refractivity contribution is 0.350. The van der Waals surface area contributed by atoms with Crippen LogP contribution in [0.5, 0.6) is 11.5 Å². The number of nitrogens with one attached hydrogen (secondary N) is 1. The summed E-state index contributed by atoms with van der Waals surface area (Å²) in [6.45, 7) is 0.140. The monoisotopic (exact) mass is 328 g/mol. The second-order valence-corrected chi connectivity index (χ2v) is 6.60. The van der Waals surface area contributed by atoms with Crippen molar-refractivity contribution in [1.29, 1.82) is 0 Å². The van der Waals surface area contributed by atoms with E-state index in [2.05, 4.69) is 4.72 Å². The average Bonchev–Trinajstić information content (AvgIpc) is 2.97. The van der Waals surface area contributed by atoms with E-state index in [0.717, 1.165) is 0 Å². The molecule has 0 aliphatic carbocycles. The summed E-state index contributed by atoms with van der Waals surface area (Å²) in [4.78, 5) is 0.0757. The van der Waals surface area contributed by atoms with Gasteiger partial charge in [0.05, 0.1) is 24.8 Å². The third-order valence-electron chi connectivity index (χ3n) is 2.83. The molecule has 3 N–H and O–H groups in total. The van der Waals surface area contributed by atoms with Crippen LogP contribution in [0.2, 0.25) is 0 Å². The lowest BCUT2D eigenvalue weighted by Crippen LogP contribution is -2.14. The Morgan fingerprint density at radius 3 is 2.57 bits per heavy atom. The third kappa shape index (κ3) is 3.29. The van der Waals surface area contributed by atoms with E-state index in [1.54, 1.807) is 16.8 Å². The summed E-state index contributed by atoms with van der Waals surface area (Å²) in [5.41, 5.74) is 6.72. The molecule has 0 bridgehead atoms. The maximum Gasteiger partial charge on any atom is 0.262 e. The maximum absolute atomic E-state index is 12.4. The molecular formula is C13H16N2O4S2. The quantitative estimate of drug-likeness (QED) is 0.846. The Kier molecular flexibility index (Phi) is 4.71. The van der Waals surface area contributed by atoms with Crippen LogP contribution in [-0.4, -0.2) is 22.6 Å². The van der Waals surface area contributed by atoms with Gasteiger partial charge in [0, 0.05) is 23.6 Å². The summed E-state index contributed by atoms with van der Waals surface area (Å²) < 4.78 is 37.7. The zero-order valence-corrected chi connectivity index (χ0v) is 13.3. The molecular weight excluding hydrogens is 312 g/mol. The highest BCUT2D eigenvalue weighted by molar-refractivity contribution is 7.92. The number of anilines is 1. The van der Waals surface area contributed by atoms with Crippen LogP contribution in [0.25, 0.3) is 0 Å². The number of benzene rings is 1. The largest absolute Gasteiger partial charge is 0.493 e. The Labute approximate surface area is 127 Å². The van der Waals surface area contributed by atoms with Gasteiger partial charge in [-0.1, -0.05) is 0 Å². The zero-order valence-electron chi connectivity index (χ0n) is 11.6. The Morgan fingerprint density at radius 2 is 2.05 bits per heavy atom. The molecule has 0 aliphatic heterocycles. The molecule has 0 unspecified atom stereocenters. The van der Waals surface area contributed by atoms with E-state index in [1.165, 1.54) is 37.7 Å². The Hall–Kier alpha value is -1.77. The molecule has 0 fully saturated rings. The Bertz CT molecular complexity index is 687. The van der Waals surface area contributed by atoms with Gasteiger partial charge in [0.25, 0.3) is 10.0 Å². The normalized spacial score (nSPS) is 11.2. The van der Waals surface area contributed by atoms with Gasteiger partial charge in [-0.3, -0.25) is 4.72 Å². The topological polar surface area (TPSA) is 90.7 Å². The van der Waals surface area contributed by atoms with Crippen molar-refractivity contribution in [2.75, 3.05) is 18.9 Å². The molecule has 21 heavy (non-hydrogen) atoms. The SMILES string of the molecule is COc1cc(S(=O)(=O)Nc2ccsc2)cc(CN)c1OC. The molecule has 1 aromatic heterocycles. The first-order valence-corrected chi connectivity index (χ1v) is 8.44. The van der Waals surface area contributed by atoms with Crippen molar-refractivity contribution in [1.82, 2.24) is 0 Å². The molecule has 114 valence electrons. The molecule has 6 nitrogen and oxygen atoms in total. The molecule has 0 saturated carbocycles. The molecule has 1 aromatic carbocycles. The van der Waals surface area contributed by atoms with Crippen molar-refractivity contribution in [2.45, 2.75) is 11.4 Å². The Morgan fingerprint density at radius 1 is 1.29 bits per heavy atom. The first kappa shape index (κ1) is 15.6. The first-order valence-electron chi connectivity index (χ1n) is 6.01.